The Morgan fingerprint density at radius 1 is 1.39 bits per heavy atom. The fourth-order valence-corrected chi connectivity index (χ4v) is 1.94. The smallest absolute Gasteiger partial charge is 0.236 e. The molecule has 0 N–H and O–H groups in total. The van der Waals surface area contributed by atoms with Gasteiger partial charge in [0.2, 0.25) is 11.7 Å². The van der Waals surface area contributed by atoms with Gasteiger partial charge in [-0.2, -0.15) is 4.98 Å². The van der Waals surface area contributed by atoms with E-state index in [9.17, 15) is 9.90 Å². The molecule has 94 valence electrons. The van der Waals surface area contributed by atoms with E-state index in [4.69, 9.17) is 16.1 Å². The number of rotatable bonds is 5. The van der Waals surface area contributed by atoms with Gasteiger partial charge < -0.3 is 14.4 Å². The van der Waals surface area contributed by atoms with E-state index in [1.54, 1.807) is 24.3 Å². The summed E-state index contributed by atoms with van der Waals surface area (Å²) in [5.74, 6) is -0.0351. The summed E-state index contributed by atoms with van der Waals surface area (Å²) in [7, 11) is 0. The minimum atomic E-state index is -1.11. The number of hydrogen-bond acceptors (Lipinski definition) is 6. The number of carboxylic acid groups (broad SMARTS) is 1. The minimum Gasteiger partial charge on any atom is -0.549 e. The SMILES string of the molecule is O=C([O-])CSCc1nc(-c2ccc(Cl)cc2)no1. The van der Waals surface area contributed by atoms with Crippen molar-refractivity contribution in [3.8, 4) is 11.4 Å². The number of nitrogens with zero attached hydrogens (tertiary/aromatic N) is 2. The molecule has 0 radical (unpaired) electrons. The van der Waals surface area contributed by atoms with Gasteiger partial charge in [-0.05, 0) is 24.3 Å². The van der Waals surface area contributed by atoms with Gasteiger partial charge in [0.25, 0.3) is 0 Å². The summed E-state index contributed by atoms with van der Waals surface area (Å²) in [5, 5.41) is 14.7. The molecule has 18 heavy (non-hydrogen) atoms. The Labute approximate surface area is 112 Å². The molecule has 0 fully saturated rings. The van der Waals surface area contributed by atoms with Crippen molar-refractivity contribution >= 4 is 29.3 Å². The van der Waals surface area contributed by atoms with Gasteiger partial charge in [0.1, 0.15) is 0 Å². The first-order valence-electron chi connectivity index (χ1n) is 5.01. The topological polar surface area (TPSA) is 79.0 Å². The summed E-state index contributed by atoms with van der Waals surface area (Å²) in [6, 6.07) is 7.03. The van der Waals surface area contributed by atoms with Gasteiger partial charge in [0.05, 0.1) is 11.7 Å². The summed E-state index contributed by atoms with van der Waals surface area (Å²) in [4.78, 5) is 14.4. The Hall–Kier alpha value is -1.53. The Bertz CT molecular complexity index is 541. The number of benzene rings is 1. The van der Waals surface area contributed by atoms with Crippen LogP contribution in [0.25, 0.3) is 11.4 Å². The third-order valence-electron chi connectivity index (χ3n) is 2.02. The third-order valence-corrected chi connectivity index (χ3v) is 3.16. The zero-order valence-electron chi connectivity index (χ0n) is 9.13. The number of halogens is 1. The zero-order valence-corrected chi connectivity index (χ0v) is 10.7. The van der Waals surface area contributed by atoms with Crippen molar-refractivity contribution in [1.82, 2.24) is 10.1 Å². The highest BCUT2D eigenvalue weighted by atomic mass is 35.5. The summed E-state index contributed by atoms with van der Waals surface area (Å²) in [5.41, 5.74) is 0.791. The highest BCUT2D eigenvalue weighted by molar-refractivity contribution is 7.99. The van der Waals surface area contributed by atoms with Crippen LogP contribution < -0.4 is 5.11 Å². The lowest BCUT2D eigenvalue weighted by Crippen LogP contribution is -2.24. The van der Waals surface area contributed by atoms with Gasteiger partial charge >= 0.3 is 0 Å². The Balaban J connectivity index is 2.01. The maximum atomic E-state index is 10.2. The van der Waals surface area contributed by atoms with Crippen LogP contribution in [0.4, 0.5) is 0 Å². The van der Waals surface area contributed by atoms with Crippen LogP contribution in [0.5, 0.6) is 0 Å². The van der Waals surface area contributed by atoms with E-state index in [0.29, 0.717) is 22.5 Å². The molecular formula is C11H8ClN2O3S-. The number of carbonyl (C=O) groups is 1. The second-order valence-electron chi connectivity index (χ2n) is 3.38. The number of hydrogen-bond donors (Lipinski definition) is 0. The van der Waals surface area contributed by atoms with E-state index in [-0.39, 0.29) is 5.75 Å². The lowest BCUT2D eigenvalue weighted by atomic mass is 10.2. The predicted molar refractivity (Wildman–Crippen MR) is 65.9 cm³/mol. The van der Waals surface area contributed by atoms with Gasteiger partial charge in [-0.3, -0.25) is 0 Å². The molecule has 0 aliphatic rings. The van der Waals surface area contributed by atoms with Crippen molar-refractivity contribution in [2.24, 2.45) is 0 Å². The van der Waals surface area contributed by atoms with E-state index in [1.165, 1.54) is 0 Å². The first-order chi connectivity index (χ1) is 8.65. The van der Waals surface area contributed by atoms with Crippen LogP contribution in [0.1, 0.15) is 5.89 Å². The fourth-order valence-electron chi connectivity index (χ4n) is 1.25. The minimum absolute atomic E-state index is 0.0986. The molecule has 0 aliphatic heterocycles. The standard InChI is InChI=1S/C11H9ClN2O3S/c12-8-3-1-7(2-4-8)11-13-9(17-14-11)5-18-6-10(15)16/h1-4H,5-6H2,(H,15,16)/p-1. The maximum absolute atomic E-state index is 10.2. The normalized spacial score (nSPS) is 10.5. The highest BCUT2D eigenvalue weighted by Gasteiger charge is 2.08. The summed E-state index contributed by atoms with van der Waals surface area (Å²) >= 11 is 6.92. The molecule has 0 atom stereocenters. The molecule has 2 aromatic rings. The molecule has 1 aromatic heterocycles. The highest BCUT2D eigenvalue weighted by Crippen LogP contribution is 2.19. The van der Waals surface area contributed by atoms with E-state index in [1.807, 2.05) is 0 Å². The van der Waals surface area contributed by atoms with Crippen LogP contribution in [0, 0.1) is 0 Å². The molecule has 0 saturated heterocycles. The fraction of sp³-hybridized carbons (Fsp3) is 0.182. The van der Waals surface area contributed by atoms with Crippen molar-refractivity contribution in [3.63, 3.8) is 0 Å². The Kier molecular flexibility index (Phi) is 4.22. The van der Waals surface area contributed by atoms with Gasteiger partial charge in [-0.1, -0.05) is 16.8 Å². The van der Waals surface area contributed by atoms with E-state index >= 15 is 0 Å². The predicted octanol–water partition coefficient (Wildman–Crippen LogP) is 1.37. The average molecular weight is 284 g/mol. The summed E-state index contributed by atoms with van der Waals surface area (Å²) < 4.78 is 5.00. The molecule has 0 unspecified atom stereocenters. The van der Waals surface area contributed by atoms with Gasteiger partial charge in [0.15, 0.2) is 0 Å². The third kappa shape index (κ3) is 3.48. The largest absolute Gasteiger partial charge is 0.549 e. The number of aliphatic carboxylic acids is 1. The second-order valence-corrected chi connectivity index (χ2v) is 4.81. The molecule has 2 rings (SSSR count). The molecule has 0 aliphatic carbocycles. The molecule has 5 nitrogen and oxygen atoms in total. The van der Waals surface area contributed by atoms with Crippen molar-refractivity contribution in [2.45, 2.75) is 5.75 Å². The second kappa shape index (κ2) is 5.88. The van der Waals surface area contributed by atoms with Crippen LogP contribution in [0.2, 0.25) is 5.02 Å². The van der Waals surface area contributed by atoms with Gasteiger partial charge in [0, 0.05) is 16.3 Å². The van der Waals surface area contributed by atoms with Crippen LogP contribution in [-0.4, -0.2) is 21.9 Å². The molecule has 1 aromatic carbocycles. The van der Waals surface area contributed by atoms with Gasteiger partial charge in [-0.15, -0.1) is 11.8 Å². The van der Waals surface area contributed by atoms with Gasteiger partial charge in [-0.25, -0.2) is 0 Å². The van der Waals surface area contributed by atoms with E-state index in [0.717, 1.165) is 17.3 Å². The first kappa shape index (κ1) is 12.9. The molecule has 0 bridgehead atoms. The molecule has 0 spiro atoms. The molecule has 1 heterocycles. The molecule has 0 amide bonds. The summed E-state index contributed by atoms with van der Waals surface area (Å²) in [6.45, 7) is 0. The Morgan fingerprint density at radius 2 is 2.11 bits per heavy atom. The van der Waals surface area contributed by atoms with E-state index < -0.39 is 5.97 Å². The first-order valence-corrected chi connectivity index (χ1v) is 6.54. The van der Waals surface area contributed by atoms with Crippen LogP contribution in [-0.2, 0) is 10.5 Å². The van der Waals surface area contributed by atoms with Crippen LogP contribution in [0.15, 0.2) is 28.8 Å². The number of carbonyl (C=O) groups excluding carboxylic acids is 1. The maximum Gasteiger partial charge on any atom is 0.236 e. The number of carboxylic acids is 1. The Morgan fingerprint density at radius 3 is 2.78 bits per heavy atom. The van der Waals surface area contributed by atoms with Crippen LogP contribution in [0.3, 0.4) is 0 Å². The lowest BCUT2D eigenvalue weighted by molar-refractivity contribution is -0.301. The van der Waals surface area contributed by atoms with Crippen molar-refractivity contribution < 1.29 is 14.4 Å². The molecule has 7 heteroatoms. The van der Waals surface area contributed by atoms with E-state index in [2.05, 4.69) is 10.1 Å². The molecule has 0 saturated carbocycles. The lowest BCUT2D eigenvalue weighted by Gasteiger charge is -1.97. The quantitative estimate of drug-likeness (QED) is 0.825. The zero-order chi connectivity index (χ0) is 13.0. The number of thioether (sulfide) groups is 1. The van der Waals surface area contributed by atoms with Crippen molar-refractivity contribution in [3.05, 3.63) is 35.2 Å². The monoisotopic (exact) mass is 283 g/mol. The van der Waals surface area contributed by atoms with Crippen LogP contribution >= 0.6 is 23.4 Å². The summed E-state index contributed by atoms with van der Waals surface area (Å²) in [6.07, 6.45) is 0. The molecular weight excluding hydrogens is 276 g/mol. The number of aromatic nitrogens is 2. The van der Waals surface area contributed by atoms with Crippen molar-refractivity contribution in [1.29, 1.82) is 0 Å². The average Bonchev–Trinajstić information content (AvgIpc) is 2.78. The van der Waals surface area contributed by atoms with Crippen molar-refractivity contribution in [2.75, 3.05) is 5.75 Å².